The summed E-state index contributed by atoms with van der Waals surface area (Å²) in [4.78, 5) is 25.0. The van der Waals surface area contributed by atoms with Gasteiger partial charge in [0.05, 0.1) is 17.6 Å². The Bertz CT molecular complexity index is 837. The van der Waals surface area contributed by atoms with Crippen molar-refractivity contribution in [1.82, 2.24) is 10.6 Å². The summed E-state index contributed by atoms with van der Waals surface area (Å²) in [7, 11) is 1.61. The topological polar surface area (TPSA) is 67.4 Å². The number of ether oxygens (including phenoxy) is 1. The van der Waals surface area contributed by atoms with E-state index in [4.69, 9.17) is 4.74 Å². The van der Waals surface area contributed by atoms with Crippen LogP contribution in [0, 0.1) is 5.92 Å². The van der Waals surface area contributed by atoms with Gasteiger partial charge >= 0.3 is 0 Å². The second kappa shape index (κ2) is 9.24. The molecular formula is C22H25BrN2O3. The number of carbonyl (C=O) groups excluding carboxylic acids is 2. The van der Waals surface area contributed by atoms with Gasteiger partial charge in [-0.2, -0.15) is 0 Å². The van der Waals surface area contributed by atoms with Crippen molar-refractivity contribution in [3.8, 4) is 5.75 Å². The van der Waals surface area contributed by atoms with Gasteiger partial charge in [0, 0.05) is 5.92 Å². The average molecular weight is 445 g/mol. The van der Waals surface area contributed by atoms with E-state index in [1.807, 2.05) is 48.5 Å². The summed E-state index contributed by atoms with van der Waals surface area (Å²) in [5, 5.41) is 5.92. The summed E-state index contributed by atoms with van der Waals surface area (Å²) in [6.07, 6.45) is 2.90. The zero-order valence-electron chi connectivity index (χ0n) is 16.1. The van der Waals surface area contributed by atoms with Crippen LogP contribution in [0.25, 0.3) is 0 Å². The fourth-order valence-corrected chi connectivity index (χ4v) is 3.76. The van der Waals surface area contributed by atoms with Crippen LogP contribution in [0.4, 0.5) is 0 Å². The van der Waals surface area contributed by atoms with Crippen molar-refractivity contribution >= 4 is 27.7 Å². The third-order valence-corrected chi connectivity index (χ3v) is 5.78. The molecule has 0 aromatic heterocycles. The molecule has 2 amide bonds. The van der Waals surface area contributed by atoms with E-state index in [1.54, 1.807) is 14.0 Å². The number of amides is 2. The predicted molar refractivity (Wildman–Crippen MR) is 112 cm³/mol. The van der Waals surface area contributed by atoms with E-state index < -0.39 is 6.04 Å². The van der Waals surface area contributed by atoms with E-state index in [9.17, 15) is 9.59 Å². The van der Waals surface area contributed by atoms with Crippen LogP contribution in [0.15, 0.2) is 53.0 Å². The molecule has 1 aliphatic carbocycles. The molecule has 2 unspecified atom stereocenters. The Morgan fingerprint density at radius 3 is 2.36 bits per heavy atom. The van der Waals surface area contributed by atoms with Crippen molar-refractivity contribution in [2.45, 2.75) is 38.3 Å². The highest BCUT2D eigenvalue weighted by Gasteiger charge is 2.28. The number of nitrogens with one attached hydrogen (secondary N) is 2. The Morgan fingerprint density at radius 2 is 1.79 bits per heavy atom. The van der Waals surface area contributed by atoms with Crippen LogP contribution in [0.1, 0.15) is 43.4 Å². The molecule has 5 nitrogen and oxygen atoms in total. The maximum Gasteiger partial charge on any atom is 0.243 e. The van der Waals surface area contributed by atoms with Crippen LogP contribution in [0.2, 0.25) is 0 Å². The molecule has 2 aromatic rings. The number of hydrogen-bond donors (Lipinski definition) is 2. The minimum atomic E-state index is -0.596. The summed E-state index contributed by atoms with van der Waals surface area (Å²) >= 11 is 3.51. The lowest BCUT2D eigenvalue weighted by atomic mass is 9.84. The molecule has 148 valence electrons. The molecule has 0 spiro atoms. The number of rotatable bonds is 7. The fraction of sp³-hybridized carbons (Fsp3) is 0.364. The van der Waals surface area contributed by atoms with Gasteiger partial charge in [0.25, 0.3) is 0 Å². The summed E-state index contributed by atoms with van der Waals surface area (Å²) in [5.74, 6) is 0.534. The van der Waals surface area contributed by atoms with Crippen molar-refractivity contribution in [1.29, 1.82) is 0 Å². The van der Waals surface area contributed by atoms with Gasteiger partial charge in [-0.3, -0.25) is 9.59 Å². The molecule has 6 heteroatoms. The van der Waals surface area contributed by atoms with E-state index >= 15 is 0 Å². The van der Waals surface area contributed by atoms with Crippen molar-refractivity contribution in [3.05, 3.63) is 64.1 Å². The molecule has 2 aromatic carbocycles. The Balaban J connectivity index is 1.78. The van der Waals surface area contributed by atoms with Gasteiger partial charge in [0.2, 0.25) is 11.8 Å². The fourth-order valence-electron chi connectivity index (χ4n) is 3.20. The number of hydrogen-bond acceptors (Lipinski definition) is 3. The number of carbonyl (C=O) groups is 2. The van der Waals surface area contributed by atoms with Crippen LogP contribution in [0.5, 0.6) is 5.75 Å². The van der Waals surface area contributed by atoms with Crippen LogP contribution in [-0.4, -0.2) is 25.0 Å². The number of halogens is 1. The van der Waals surface area contributed by atoms with Crippen LogP contribution in [-0.2, 0) is 9.59 Å². The highest BCUT2D eigenvalue weighted by atomic mass is 79.9. The summed E-state index contributed by atoms with van der Waals surface area (Å²) < 4.78 is 6.12. The third kappa shape index (κ3) is 4.73. The van der Waals surface area contributed by atoms with E-state index in [-0.39, 0.29) is 23.8 Å². The first-order chi connectivity index (χ1) is 13.5. The van der Waals surface area contributed by atoms with Gasteiger partial charge in [-0.1, -0.05) is 42.8 Å². The Kier molecular flexibility index (Phi) is 6.73. The standard InChI is InChI=1S/C22H25BrN2O3/c1-14(24-22(27)16-9-6-10-16)21(26)25-20(15-7-4-3-5-8-15)17-11-12-19(28-2)18(23)13-17/h3-5,7-8,11-14,16,20H,6,9-10H2,1-2H3,(H,24,27)(H,25,26). The van der Waals surface area contributed by atoms with Crippen molar-refractivity contribution < 1.29 is 14.3 Å². The maximum absolute atomic E-state index is 12.8. The van der Waals surface area contributed by atoms with Gasteiger partial charge in [0.15, 0.2) is 0 Å². The van der Waals surface area contributed by atoms with E-state index in [0.717, 1.165) is 40.6 Å². The molecule has 0 aliphatic heterocycles. The summed E-state index contributed by atoms with van der Waals surface area (Å²) in [6.45, 7) is 1.72. The average Bonchev–Trinajstić information content (AvgIpc) is 2.65. The molecule has 28 heavy (non-hydrogen) atoms. The summed E-state index contributed by atoms with van der Waals surface area (Å²) in [6, 6.07) is 14.6. The largest absolute Gasteiger partial charge is 0.496 e. The lowest BCUT2D eigenvalue weighted by molar-refractivity contribution is -0.132. The molecule has 1 aliphatic rings. The van der Waals surface area contributed by atoms with Crippen molar-refractivity contribution in [2.75, 3.05) is 7.11 Å². The molecule has 2 N–H and O–H groups in total. The maximum atomic E-state index is 12.8. The number of benzene rings is 2. The lowest BCUT2D eigenvalue weighted by Crippen LogP contribution is -2.48. The molecule has 0 radical (unpaired) electrons. The van der Waals surface area contributed by atoms with E-state index in [1.165, 1.54) is 0 Å². The zero-order chi connectivity index (χ0) is 20.1. The van der Waals surface area contributed by atoms with Gasteiger partial charge in [-0.05, 0) is 59.0 Å². The monoisotopic (exact) mass is 444 g/mol. The molecule has 2 atom stereocenters. The molecule has 0 heterocycles. The second-order valence-electron chi connectivity index (χ2n) is 7.10. The van der Waals surface area contributed by atoms with E-state index in [2.05, 4.69) is 26.6 Å². The van der Waals surface area contributed by atoms with Crippen molar-refractivity contribution in [2.24, 2.45) is 5.92 Å². The lowest BCUT2D eigenvalue weighted by Gasteiger charge is -2.27. The first-order valence-electron chi connectivity index (χ1n) is 9.48. The first kappa shape index (κ1) is 20.4. The normalized spacial score (nSPS) is 15.8. The van der Waals surface area contributed by atoms with Crippen LogP contribution >= 0.6 is 15.9 Å². The van der Waals surface area contributed by atoms with Gasteiger partial charge in [-0.15, -0.1) is 0 Å². The molecule has 0 bridgehead atoms. The molecular weight excluding hydrogens is 420 g/mol. The van der Waals surface area contributed by atoms with E-state index in [0.29, 0.717) is 0 Å². The Hall–Kier alpha value is -2.34. The van der Waals surface area contributed by atoms with Crippen LogP contribution in [0.3, 0.4) is 0 Å². The molecule has 0 saturated heterocycles. The van der Waals surface area contributed by atoms with Crippen molar-refractivity contribution in [3.63, 3.8) is 0 Å². The number of methoxy groups -OCH3 is 1. The Morgan fingerprint density at radius 1 is 1.07 bits per heavy atom. The smallest absolute Gasteiger partial charge is 0.243 e. The molecule has 1 saturated carbocycles. The SMILES string of the molecule is COc1ccc(C(NC(=O)C(C)NC(=O)C2CCC2)c2ccccc2)cc1Br. The van der Waals surface area contributed by atoms with Gasteiger partial charge in [0.1, 0.15) is 11.8 Å². The van der Waals surface area contributed by atoms with Gasteiger partial charge < -0.3 is 15.4 Å². The first-order valence-corrected chi connectivity index (χ1v) is 10.3. The Labute approximate surface area is 174 Å². The zero-order valence-corrected chi connectivity index (χ0v) is 17.7. The molecule has 3 rings (SSSR count). The minimum absolute atomic E-state index is 0.0302. The van der Waals surface area contributed by atoms with Crippen LogP contribution < -0.4 is 15.4 Å². The predicted octanol–water partition coefficient (Wildman–Crippen LogP) is 3.97. The second-order valence-corrected chi connectivity index (χ2v) is 7.96. The minimum Gasteiger partial charge on any atom is -0.496 e. The summed E-state index contributed by atoms with van der Waals surface area (Å²) in [5.41, 5.74) is 1.88. The highest BCUT2D eigenvalue weighted by molar-refractivity contribution is 9.10. The van der Waals surface area contributed by atoms with Gasteiger partial charge in [-0.25, -0.2) is 0 Å². The molecule has 1 fully saturated rings. The highest BCUT2D eigenvalue weighted by Crippen LogP contribution is 2.31. The quantitative estimate of drug-likeness (QED) is 0.678. The third-order valence-electron chi connectivity index (χ3n) is 5.16.